The maximum Gasteiger partial charge on any atom is 0.259 e. The van der Waals surface area contributed by atoms with E-state index in [1.165, 1.54) is 24.4 Å². The number of rotatable bonds is 2. The van der Waals surface area contributed by atoms with Gasteiger partial charge in [0.05, 0.1) is 10.6 Å². The highest BCUT2D eigenvalue weighted by Crippen LogP contribution is 2.19. The third-order valence-corrected chi connectivity index (χ3v) is 2.57. The molecule has 1 amide bonds. The Labute approximate surface area is 108 Å². The monoisotopic (exact) mass is 265 g/mol. The standard InChI is InChI=1S/C12H9ClFN3O/c13-9-4-3-7(6-10(9)14)17-12(18)8-2-1-5-16-11(8)15/h1-6H,(H2,15,16)(H,17,18). The predicted molar refractivity (Wildman–Crippen MR) is 68.0 cm³/mol. The number of nitrogens with one attached hydrogen (secondary N) is 1. The number of benzene rings is 1. The molecule has 0 aliphatic carbocycles. The summed E-state index contributed by atoms with van der Waals surface area (Å²) in [6.45, 7) is 0. The number of hydrogen-bond donors (Lipinski definition) is 2. The van der Waals surface area contributed by atoms with Crippen molar-refractivity contribution in [1.29, 1.82) is 0 Å². The molecule has 1 heterocycles. The van der Waals surface area contributed by atoms with Gasteiger partial charge in [0, 0.05) is 11.9 Å². The van der Waals surface area contributed by atoms with Gasteiger partial charge in [-0.3, -0.25) is 4.79 Å². The van der Waals surface area contributed by atoms with Crippen LogP contribution in [0, 0.1) is 5.82 Å². The molecule has 0 aliphatic rings. The Kier molecular flexibility index (Phi) is 3.43. The van der Waals surface area contributed by atoms with Gasteiger partial charge in [-0.25, -0.2) is 9.37 Å². The molecule has 0 aliphatic heterocycles. The molecular weight excluding hydrogens is 257 g/mol. The van der Waals surface area contributed by atoms with Crippen molar-refractivity contribution in [3.8, 4) is 0 Å². The quantitative estimate of drug-likeness (QED) is 0.877. The molecule has 0 spiro atoms. The summed E-state index contributed by atoms with van der Waals surface area (Å²) in [6.07, 6.45) is 1.48. The number of pyridine rings is 1. The molecule has 1 aromatic heterocycles. The van der Waals surface area contributed by atoms with Gasteiger partial charge in [-0.05, 0) is 30.3 Å². The lowest BCUT2D eigenvalue weighted by Crippen LogP contribution is -2.14. The normalized spacial score (nSPS) is 10.1. The van der Waals surface area contributed by atoms with Gasteiger partial charge in [0.1, 0.15) is 11.6 Å². The van der Waals surface area contributed by atoms with E-state index in [-0.39, 0.29) is 16.4 Å². The highest BCUT2D eigenvalue weighted by molar-refractivity contribution is 6.30. The Bertz CT molecular complexity index is 604. The molecular formula is C12H9ClFN3O. The minimum absolute atomic E-state index is 0.00566. The van der Waals surface area contributed by atoms with Gasteiger partial charge >= 0.3 is 0 Å². The SMILES string of the molecule is Nc1ncccc1C(=O)Nc1ccc(Cl)c(F)c1. The Morgan fingerprint density at radius 2 is 2.17 bits per heavy atom. The van der Waals surface area contributed by atoms with Crippen LogP contribution in [0.1, 0.15) is 10.4 Å². The summed E-state index contributed by atoms with van der Waals surface area (Å²) in [4.78, 5) is 15.6. The molecule has 1 aromatic carbocycles. The number of carbonyl (C=O) groups is 1. The number of carbonyl (C=O) groups excluding carboxylic acids is 1. The van der Waals surface area contributed by atoms with Crippen molar-refractivity contribution in [1.82, 2.24) is 4.98 Å². The van der Waals surface area contributed by atoms with Crippen molar-refractivity contribution < 1.29 is 9.18 Å². The van der Waals surface area contributed by atoms with E-state index in [2.05, 4.69) is 10.3 Å². The number of nitrogens with two attached hydrogens (primary N) is 1. The van der Waals surface area contributed by atoms with E-state index in [0.717, 1.165) is 6.07 Å². The average Bonchev–Trinajstić information content (AvgIpc) is 2.34. The van der Waals surface area contributed by atoms with E-state index in [0.29, 0.717) is 5.69 Å². The molecule has 3 N–H and O–H groups in total. The minimum Gasteiger partial charge on any atom is -0.383 e. The maximum absolute atomic E-state index is 13.2. The van der Waals surface area contributed by atoms with Crippen LogP contribution in [-0.2, 0) is 0 Å². The highest BCUT2D eigenvalue weighted by atomic mass is 35.5. The lowest BCUT2D eigenvalue weighted by molar-refractivity contribution is 0.102. The van der Waals surface area contributed by atoms with Gasteiger partial charge in [0.2, 0.25) is 0 Å². The van der Waals surface area contributed by atoms with Crippen LogP contribution < -0.4 is 11.1 Å². The third-order valence-electron chi connectivity index (χ3n) is 2.26. The lowest BCUT2D eigenvalue weighted by Gasteiger charge is -2.07. The number of halogens is 2. The third kappa shape index (κ3) is 2.57. The predicted octanol–water partition coefficient (Wildman–Crippen LogP) is 2.71. The number of aromatic nitrogens is 1. The first-order valence-electron chi connectivity index (χ1n) is 5.05. The summed E-state index contributed by atoms with van der Waals surface area (Å²) in [5, 5.41) is 2.50. The highest BCUT2D eigenvalue weighted by Gasteiger charge is 2.11. The van der Waals surface area contributed by atoms with Crippen molar-refractivity contribution in [2.75, 3.05) is 11.1 Å². The summed E-state index contributed by atoms with van der Waals surface area (Å²) in [5.41, 5.74) is 6.09. The Balaban J connectivity index is 2.22. The second kappa shape index (κ2) is 5.01. The molecule has 18 heavy (non-hydrogen) atoms. The summed E-state index contributed by atoms with van der Waals surface area (Å²) in [7, 11) is 0. The summed E-state index contributed by atoms with van der Waals surface area (Å²) in [5.74, 6) is -0.944. The fraction of sp³-hybridized carbons (Fsp3) is 0. The molecule has 0 bridgehead atoms. The van der Waals surface area contributed by atoms with Crippen molar-refractivity contribution in [3.63, 3.8) is 0 Å². The Morgan fingerprint density at radius 1 is 1.39 bits per heavy atom. The van der Waals surface area contributed by atoms with E-state index in [1.807, 2.05) is 0 Å². The van der Waals surface area contributed by atoms with Crippen LogP contribution in [0.25, 0.3) is 0 Å². The van der Waals surface area contributed by atoms with Crippen molar-refractivity contribution in [2.45, 2.75) is 0 Å². The van der Waals surface area contributed by atoms with Gasteiger partial charge in [-0.15, -0.1) is 0 Å². The average molecular weight is 266 g/mol. The van der Waals surface area contributed by atoms with Gasteiger partial charge < -0.3 is 11.1 Å². The van der Waals surface area contributed by atoms with Crippen LogP contribution in [0.15, 0.2) is 36.5 Å². The maximum atomic E-state index is 13.2. The number of nitrogen functional groups attached to an aromatic ring is 1. The van der Waals surface area contributed by atoms with E-state index >= 15 is 0 Å². The molecule has 2 rings (SSSR count). The molecule has 0 atom stereocenters. The number of nitrogens with zero attached hydrogens (tertiary/aromatic N) is 1. The number of amides is 1. The van der Waals surface area contributed by atoms with Crippen molar-refractivity contribution in [3.05, 3.63) is 52.9 Å². The fourth-order valence-corrected chi connectivity index (χ4v) is 1.50. The van der Waals surface area contributed by atoms with Gasteiger partial charge in [-0.2, -0.15) is 0 Å². The molecule has 6 heteroatoms. The smallest absolute Gasteiger partial charge is 0.259 e. The molecule has 92 valence electrons. The van der Waals surface area contributed by atoms with E-state index < -0.39 is 11.7 Å². The molecule has 0 radical (unpaired) electrons. The molecule has 0 saturated carbocycles. The molecule has 0 unspecified atom stereocenters. The largest absolute Gasteiger partial charge is 0.383 e. The van der Waals surface area contributed by atoms with Gasteiger partial charge in [0.15, 0.2) is 0 Å². The Morgan fingerprint density at radius 3 is 2.83 bits per heavy atom. The van der Waals surface area contributed by atoms with Crippen molar-refractivity contribution in [2.24, 2.45) is 0 Å². The molecule has 2 aromatic rings. The fourth-order valence-electron chi connectivity index (χ4n) is 1.38. The zero-order valence-electron chi connectivity index (χ0n) is 9.15. The topological polar surface area (TPSA) is 68.0 Å². The zero-order chi connectivity index (χ0) is 13.1. The molecule has 4 nitrogen and oxygen atoms in total. The van der Waals surface area contributed by atoms with Crippen LogP contribution in [-0.4, -0.2) is 10.9 Å². The minimum atomic E-state index is -0.603. The van der Waals surface area contributed by atoms with Gasteiger partial charge in [-0.1, -0.05) is 11.6 Å². The Hall–Kier alpha value is -2.14. The lowest BCUT2D eigenvalue weighted by atomic mass is 10.2. The summed E-state index contributed by atoms with van der Waals surface area (Å²) < 4.78 is 13.2. The van der Waals surface area contributed by atoms with E-state index in [4.69, 9.17) is 17.3 Å². The van der Waals surface area contributed by atoms with Crippen LogP contribution in [0.2, 0.25) is 5.02 Å². The van der Waals surface area contributed by atoms with E-state index in [1.54, 1.807) is 6.07 Å². The number of hydrogen-bond acceptors (Lipinski definition) is 3. The summed E-state index contributed by atoms with van der Waals surface area (Å²) >= 11 is 5.54. The first-order chi connectivity index (χ1) is 8.58. The van der Waals surface area contributed by atoms with Crippen LogP contribution >= 0.6 is 11.6 Å². The zero-order valence-corrected chi connectivity index (χ0v) is 9.91. The van der Waals surface area contributed by atoms with Crippen LogP contribution in [0.5, 0.6) is 0 Å². The molecule has 0 saturated heterocycles. The first kappa shape index (κ1) is 12.3. The second-order valence-corrected chi connectivity index (χ2v) is 3.93. The van der Waals surface area contributed by atoms with Crippen LogP contribution in [0.4, 0.5) is 15.9 Å². The van der Waals surface area contributed by atoms with Gasteiger partial charge in [0.25, 0.3) is 5.91 Å². The second-order valence-electron chi connectivity index (χ2n) is 3.52. The molecule has 0 fully saturated rings. The first-order valence-corrected chi connectivity index (χ1v) is 5.42. The van der Waals surface area contributed by atoms with Crippen molar-refractivity contribution >= 4 is 29.0 Å². The van der Waals surface area contributed by atoms with E-state index in [9.17, 15) is 9.18 Å². The number of anilines is 2. The summed E-state index contributed by atoms with van der Waals surface area (Å²) in [6, 6.07) is 7.11. The van der Waals surface area contributed by atoms with Crippen LogP contribution in [0.3, 0.4) is 0 Å².